The van der Waals surface area contributed by atoms with Crippen molar-refractivity contribution in [1.82, 2.24) is 5.32 Å². The number of rotatable bonds is 8. The summed E-state index contributed by atoms with van der Waals surface area (Å²) in [5, 5.41) is 3.15. The molecule has 0 unspecified atom stereocenters. The van der Waals surface area contributed by atoms with Crippen molar-refractivity contribution in [1.29, 1.82) is 0 Å². The standard InChI is InChI=1S/C10H21NO3/c1-9(2)11-6-5-10(12)14-8-4-7-13-3/h9,11H,4-8H2,1-3H3. The molecule has 0 aromatic heterocycles. The Bertz CT molecular complexity index is 148. The van der Waals surface area contributed by atoms with E-state index in [1.165, 1.54) is 0 Å². The van der Waals surface area contributed by atoms with Gasteiger partial charge < -0.3 is 14.8 Å². The van der Waals surface area contributed by atoms with Crippen molar-refractivity contribution in [2.75, 3.05) is 26.9 Å². The van der Waals surface area contributed by atoms with Gasteiger partial charge in [-0.3, -0.25) is 4.79 Å². The minimum absolute atomic E-state index is 0.144. The Morgan fingerprint density at radius 3 is 2.64 bits per heavy atom. The van der Waals surface area contributed by atoms with Crippen LogP contribution in [0.2, 0.25) is 0 Å². The zero-order chi connectivity index (χ0) is 10.8. The van der Waals surface area contributed by atoms with Gasteiger partial charge in [0, 0.05) is 32.7 Å². The Morgan fingerprint density at radius 2 is 2.07 bits per heavy atom. The Balaban J connectivity index is 3.20. The second kappa shape index (κ2) is 8.97. The normalized spacial score (nSPS) is 10.6. The predicted octanol–water partition coefficient (Wildman–Crippen LogP) is 0.954. The van der Waals surface area contributed by atoms with Crippen LogP contribution in [0.5, 0.6) is 0 Å². The van der Waals surface area contributed by atoms with Gasteiger partial charge in [-0.05, 0) is 0 Å². The first kappa shape index (κ1) is 13.4. The summed E-state index contributed by atoms with van der Waals surface area (Å²) in [6, 6.07) is 0.413. The average molecular weight is 203 g/mol. The van der Waals surface area contributed by atoms with Crippen molar-refractivity contribution in [2.45, 2.75) is 32.7 Å². The average Bonchev–Trinajstić information content (AvgIpc) is 2.12. The summed E-state index contributed by atoms with van der Waals surface area (Å²) in [6.07, 6.45) is 1.20. The first-order valence-electron chi connectivity index (χ1n) is 5.04. The van der Waals surface area contributed by atoms with E-state index in [0.717, 1.165) is 6.42 Å². The summed E-state index contributed by atoms with van der Waals surface area (Å²) in [6.45, 7) is 5.86. The molecule has 0 atom stereocenters. The number of methoxy groups -OCH3 is 1. The molecule has 0 fully saturated rings. The Morgan fingerprint density at radius 1 is 1.36 bits per heavy atom. The van der Waals surface area contributed by atoms with Crippen LogP contribution in [0, 0.1) is 0 Å². The molecule has 4 nitrogen and oxygen atoms in total. The largest absolute Gasteiger partial charge is 0.466 e. The third kappa shape index (κ3) is 9.48. The van der Waals surface area contributed by atoms with Crippen LogP contribution >= 0.6 is 0 Å². The first-order valence-corrected chi connectivity index (χ1v) is 5.04. The van der Waals surface area contributed by atoms with E-state index in [4.69, 9.17) is 9.47 Å². The van der Waals surface area contributed by atoms with Crippen LogP contribution in [0.25, 0.3) is 0 Å². The molecule has 84 valence electrons. The maximum absolute atomic E-state index is 11.1. The minimum Gasteiger partial charge on any atom is -0.466 e. The second-order valence-corrected chi connectivity index (χ2v) is 3.43. The van der Waals surface area contributed by atoms with E-state index in [-0.39, 0.29) is 5.97 Å². The van der Waals surface area contributed by atoms with Crippen molar-refractivity contribution in [2.24, 2.45) is 0 Å². The van der Waals surface area contributed by atoms with E-state index in [1.807, 2.05) is 13.8 Å². The molecule has 0 amide bonds. The topological polar surface area (TPSA) is 47.6 Å². The second-order valence-electron chi connectivity index (χ2n) is 3.43. The molecule has 0 radical (unpaired) electrons. The van der Waals surface area contributed by atoms with Gasteiger partial charge in [-0.15, -0.1) is 0 Å². The molecule has 0 heterocycles. The van der Waals surface area contributed by atoms with Gasteiger partial charge >= 0.3 is 5.97 Å². The lowest BCUT2D eigenvalue weighted by molar-refractivity contribution is -0.143. The molecule has 1 N–H and O–H groups in total. The highest BCUT2D eigenvalue weighted by molar-refractivity contribution is 5.69. The van der Waals surface area contributed by atoms with Crippen LogP contribution in [-0.4, -0.2) is 38.9 Å². The Labute approximate surface area is 86.0 Å². The van der Waals surface area contributed by atoms with Crippen LogP contribution in [-0.2, 0) is 14.3 Å². The molecule has 0 rings (SSSR count). The van der Waals surface area contributed by atoms with Crippen molar-refractivity contribution < 1.29 is 14.3 Å². The molecular weight excluding hydrogens is 182 g/mol. The molecule has 0 saturated carbocycles. The van der Waals surface area contributed by atoms with Gasteiger partial charge in [0.1, 0.15) is 0 Å². The highest BCUT2D eigenvalue weighted by atomic mass is 16.5. The zero-order valence-corrected chi connectivity index (χ0v) is 9.34. The summed E-state index contributed by atoms with van der Waals surface area (Å²) in [5.41, 5.74) is 0. The highest BCUT2D eigenvalue weighted by Crippen LogP contribution is 1.89. The molecule has 0 aliphatic heterocycles. The number of carbonyl (C=O) groups is 1. The van der Waals surface area contributed by atoms with Gasteiger partial charge in [-0.2, -0.15) is 0 Å². The molecule has 0 aromatic rings. The van der Waals surface area contributed by atoms with Gasteiger partial charge in [-0.1, -0.05) is 13.8 Å². The number of nitrogens with one attached hydrogen (secondary N) is 1. The zero-order valence-electron chi connectivity index (χ0n) is 9.34. The number of esters is 1. The Hall–Kier alpha value is -0.610. The van der Waals surface area contributed by atoms with Crippen LogP contribution in [0.4, 0.5) is 0 Å². The summed E-state index contributed by atoms with van der Waals surface area (Å²) >= 11 is 0. The lowest BCUT2D eigenvalue weighted by atomic mass is 10.3. The SMILES string of the molecule is COCCCOC(=O)CCNC(C)C. The maximum Gasteiger partial charge on any atom is 0.307 e. The molecule has 14 heavy (non-hydrogen) atoms. The molecule has 0 bridgehead atoms. The summed E-state index contributed by atoms with van der Waals surface area (Å²) in [5.74, 6) is -0.144. The van der Waals surface area contributed by atoms with Crippen molar-refractivity contribution in [3.8, 4) is 0 Å². The fraction of sp³-hybridized carbons (Fsp3) is 0.900. The van der Waals surface area contributed by atoms with E-state index in [0.29, 0.717) is 32.2 Å². The van der Waals surface area contributed by atoms with Gasteiger partial charge in [0.15, 0.2) is 0 Å². The first-order chi connectivity index (χ1) is 6.66. The van der Waals surface area contributed by atoms with Gasteiger partial charge in [0.25, 0.3) is 0 Å². The lowest BCUT2D eigenvalue weighted by Gasteiger charge is -2.07. The molecule has 4 heteroatoms. The molecule has 0 aliphatic carbocycles. The fourth-order valence-electron chi connectivity index (χ4n) is 0.924. The summed E-state index contributed by atoms with van der Waals surface area (Å²) in [7, 11) is 1.63. The minimum atomic E-state index is -0.144. The van der Waals surface area contributed by atoms with Crippen LogP contribution in [0.1, 0.15) is 26.7 Å². The molecule has 0 aliphatic rings. The van der Waals surface area contributed by atoms with Gasteiger partial charge in [-0.25, -0.2) is 0 Å². The molecule has 0 aromatic carbocycles. The smallest absolute Gasteiger partial charge is 0.307 e. The van der Waals surface area contributed by atoms with E-state index in [9.17, 15) is 4.79 Å². The van der Waals surface area contributed by atoms with Crippen molar-refractivity contribution in [3.05, 3.63) is 0 Å². The maximum atomic E-state index is 11.1. The van der Waals surface area contributed by atoms with E-state index >= 15 is 0 Å². The highest BCUT2D eigenvalue weighted by Gasteiger charge is 2.02. The molecular formula is C10H21NO3. The van der Waals surface area contributed by atoms with E-state index in [1.54, 1.807) is 7.11 Å². The third-order valence-electron chi connectivity index (χ3n) is 1.64. The van der Waals surface area contributed by atoms with E-state index < -0.39 is 0 Å². The van der Waals surface area contributed by atoms with E-state index in [2.05, 4.69) is 5.32 Å². The molecule has 0 saturated heterocycles. The number of hydrogen-bond acceptors (Lipinski definition) is 4. The van der Waals surface area contributed by atoms with Crippen LogP contribution in [0.15, 0.2) is 0 Å². The fourth-order valence-corrected chi connectivity index (χ4v) is 0.924. The summed E-state index contributed by atoms with van der Waals surface area (Å²) < 4.78 is 9.80. The number of ether oxygens (including phenoxy) is 2. The van der Waals surface area contributed by atoms with Gasteiger partial charge in [0.05, 0.1) is 13.0 Å². The van der Waals surface area contributed by atoms with Crippen molar-refractivity contribution in [3.63, 3.8) is 0 Å². The van der Waals surface area contributed by atoms with Crippen LogP contribution in [0.3, 0.4) is 0 Å². The quantitative estimate of drug-likeness (QED) is 0.471. The molecule has 0 spiro atoms. The lowest BCUT2D eigenvalue weighted by Crippen LogP contribution is -2.26. The number of hydrogen-bond donors (Lipinski definition) is 1. The monoisotopic (exact) mass is 203 g/mol. The Kier molecular flexibility index (Phi) is 8.57. The third-order valence-corrected chi connectivity index (χ3v) is 1.64. The predicted molar refractivity (Wildman–Crippen MR) is 55.2 cm³/mol. The van der Waals surface area contributed by atoms with Crippen LogP contribution < -0.4 is 5.32 Å². The number of carbonyl (C=O) groups excluding carboxylic acids is 1. The van der Waals surface area contributed by atoms with Crippen molar-refractivity contribution >= 4 is 5.97 Å². The summed E-state index contributed by atoms with van der Waals surface area (Å²) in [4.78, 5) is 11.1. The van der Waals surface area contributed by atoms with Gasteiger partial charge in [0.2, 0.25) is 0 Å².